The largest absolute Gasteiger partial charge is 0.401 e. The second-order valence-electron chi connectivity index (χ2n) is 8.29. The highest BCUT2D eigenvalue weighted by Crippen LogP contribution is 2.26. The number of benzene rings is 1. The molecular weight excluding hydrogens is 399 g/mol. The molecule has 2 heterocycles. The summed E-state index contributed by atoms with van der Waals surface area (Å²) in [6.07, 6.45) is 3.03. The van der Waals surface area contributed by atoms with Crippen molar-refractivity contribution >= 4 is 23.9 Å². The van der Waals surface area contributed by atoms with E-state index in [0.29, 0.717) is 41.7 Å². The lowest BCUT2D eigenvalue weighted by Gasteiger charge is -2.40. The molecule has 3 amide bonds. The number of imide groups is 1. The van der Waals surface area contributed by atoms with Crippen LogP contribution in [-0.2, 0) is 4.79 Å². The van der Waals surface area contributed by atoms with Gasteiger partial charge in [-0.15, -0.1) is 0 Å². The van der Waals surface area contributed by atoms with Crippen LogP contribution in [0.5, 0.6) is 0 Å². The molecule has 1 aromatic rings. The minimum atomic E-state index is -0.462. The predicted molar refractivity (Wildman–Crippen MR) is 116 cm³/mol. The zero-order valence-electron chi connectivity index (χ0n) is 18.0. The van der Waals surface area contributed by atoms with Crippen molar-refractivity contribution in [1.82, 2.24) is 9.80 Å². The Kier molecular flexibility index (Phi) is 6.38. The second kappa shape index (κ2) is 8.83. The number of carbonyl (C=O) groups excluding carboxylic acids is 3. The molecule has 1 aromatic carbocycles. The van der Waals surface area contributed by atoms with E-state index in [2.05, 4.69) is 4.99 Å². The molecule has 0 radical (unpaired) electrons. The van der Waals surface area contributed by atoms with Gasteiger partial charge >= 0.3 is 0 Å². The smallest absolute Gasteiger partial charge is 0.261 e. The number of aliphatic imine (C=N–C) groups is 1. The van der Waals surface area contributed by atoms with Crippen LogP contribution < -0.4 is 5.73 Å². The van der Waals surface area contributed by atoms with Gasteiger partial charge in [-0.05, 0) is 38.0 Å². The lowest BCUT2D eigenvalue weighted by atomic mass is 9.94. The SMILES string of the molecule is CCC(C)(C)N1CCC(N)=C(C=NC/C(=C/F)CN2C(=O)c3ccccc3C2=O)C1=O. The molecule has 0 spiro atoms. The molecule has 2 N–H and O–H groups in total. The van der Waals surface area contributed by atoms with Crippen LogP contribution in [0.4, 0.5) is 4.39 Å². The van der Waals surface area contributed by atoms with Gasteiger partial charge in [0.1, 0.15) is 0 Å². The Hall–Kier alpha value is -3.29. The fourth-order valence-corrected chi connectivity index (χ4v) is 3.62. The number of hydrogen-bond donors (Lipinski definition) is 1. The van der Waals surface area contributed by atoms with Crippen molar-refractivity contribution in [1.29, 1.82) is 0 Å². The van der Waals surface area contributed by atoms with Crippen LogP contribution in [0, 0.1) is 0 Å². The van der Waals surface area contributed by atoms with Gasteiger partial charge in [0.25, 0.3) is 17.7 Å². The summed E-state index contributed by atoms with van der Waals surface area (Å²) in [7, 11) is 0. The molecule has 0 fully saturated rings. The highest BCUT2D eigenvalue weighted by atomic mass is 19.1. The standard InChI is InChI=1S/C23H27FN4O3/c1-4-23(2,3)28-10-9-19(25)18(22(28)31)13-26-12-15(11-24)14-27-20(29)16-7-5-6-8-17(16)21(27)30/h5-8,11,13H,4,9-10,12,14,25H2,1-3H3/b15-11-,26-13?. The normalized spacial score (nSPS) is 17.9. The molecule has 164 valence electrons. The molecule has 2 aliphatic heterocycles. The molecule has 0 atom stereocenters. The third-order valence-electron chi connectivity index (χ3n) is 5.93. The van der Waals surface area contributed by atoms with Crippen LogP contribution in [0.15, 0.2) is 52.4 Å². The number of hydrogen-bond acceptors (Lipinski definition) is 5. The molecule has 0 saturated heterocycles. The Labute approximate surface area is 181 Å². The van der Waals surface area contributed by atoms with E-state index >= 15 is 0 Å². The van der Waals surface area contributed by atoms with Crippen molar-refractivity contribution < 1.29 is 18.8 Å². The molecule has 8 heteroatoms. The topological polar surface area (TPSA) is 96.1 Å². The summed E-state index contributed by atoms with van der Waals surface area (Å²) in [4.78, 5) is 44.8. The fourth-order valence-electron chi connectivity index (χ4n) is 3.62. The van der Waals surface area contributed by atoms with E-state index in [1.165, 1.54) is 6.21 Å². The summed E-state index contributed by atoms with van der Waals surface area (Å²) in [6, 6.07) is 6.48. The van der Waals surface area contributed by atoms with Crippen LogP contribution in [0.1, 0.15) is 54.3 Å². The maximum absolute atomic E-state index is 13.5. The Balaban J connectivity index is 1.69. The number of halogens is 1. The minimum Gasteiger partial charge on any atom is -0.401 e. The molecule has 31 heavy (non-hydrogen) atoms. The number of rotatable bonds is 7. The van der Waals surface area contributed by atoms with Gasteiger partial charge in [0.15, 0.2) is 0 Å². The van der Waals surface area contributed by atoms with Gasteiger partial charge in [-0.3, -0.25) is 24.3 Å². The third kappa shape index (κ3) is 4.28. The average Bonchev–Trinajstić information content (AvgIpc) is 2.99. The molecule has 7 nitrogen and oxygen atoms in total. The van der Waals surface area contributed by atoms with Crippen LogP contribution in [0.3, 0.4) is 0 Å². The molecule has 0 bridgehead atoms. The first-order valence-electron chi connectivity index (χ1n) is 10.2. The average molecular weight is 426 g/mol. The second-order valence-corrected chi connectivity index (χ2v) is 8.29. The molecule has 3 rings (SSSR count). The van der Waals surface area contributed by atoms with E-state index in [9.17, 15) is 18.8 Å². The number of fused-ring (bicyclic) bond motifs is 1. The highest BCUT2D eigenvalue weighted by molar-refractivity contribution is 6.21. The maximum atomic E-state index is 13.5. The number of carbonyl (C=O) groups is 3. The molecule has 0 aromatic heterocycles. The van der Waals surface area contributed by atoms with E-state index in [-0.39, 0.29) is 30.1 Å². The number of amides is 3. The lowest BCUT2D eigenvalue weighted by Crippen LogP contribution is -2.51. The Bertz CT molecular complexity index is 975. The van der Waals surface area contributed by atoms with Gasteiger partial charge in [-0.25, -0.2) is 4.39 Å². The third-order valence-corrected chi connectivity index (χ3v) is 5.93. The lowest BCUT2D eigenvalue weighted by molar-refractivity contribution is -0.132. The summed E-state index contributed by atoms with van der Waals surface area (Å²) in [5.41, 5.74) is 7.22. The summed E-state index contributed by atoms with van der Waals surface area (Å²) < 4.78 is 13.5. The van der Waals surface area contributed by atoms with Crippen LogP contribution in [-0.4, -0.2) is 58.9 Å². The molecule has 2 aliphatic rings. The first-order chi connectivity index (χ1) is 14.7. The zero-order valence-corrected chi connectivity index (χ0v) is 18.0. The van der Waals surface area contributed by atoms with E-state index in [1.807, 2.05) is 20.8 Å². The van der Waals surface area contributed by atoms with Gasteiger partial charge in [0.05, 0.1) is 36.1 Å². The minimum absolute atomic E-state index is 0.106. The molecule has 0 aliphatic carbocycles. The quantitative estimate of drug-likeness (QED) is 0.536. The fraction of sp³-hybridized carbons (Fsp3) is 0.391. The molecule has 0 unspecified atom stereocenters. The Morgan fingerprint density at radius 3 is 2.32 bits per heavy atom. The van der Waals surface area contributed by atoms with Crippen molar-refractivity contribution in [3.05, 3.63) is 58.6 Å². The first-order valence-corrected chi connectivity index (χ1v) is 10.2. The van der Waals surface area contributed by atoms with Gasteiger partial charge in [0.2, 0.25) is 0 Å². The summed E-state index contributed by atoms with van der Waals surface area (Å²) in [6.45, 7) is 6.22. The van der Waals surface area contributed by atoms with Crippen molar-refractivity contribution in [3.63, 3.8) is 0 Å². The van der Waals surface area contributed by atoms with Crippen molar-refractivity contribution in [2.75, 3.05) is 19.6 Å². The van der Waals surface area contributed by atoms with Gasteiger partial charge in [-0.1, -0.05) is 19.1 Å². The first kappa shape index (κ1) is 22.4. The monoisotopic (exact) mass is 426 g/mol. The number of nitrogens with two attached hydrogens (primary N) is 1. The van der Waals surface area contributed by atoms with E-state index in [1.54, 1.807) is 29.2 Å². The predicted octanol–water partition coefficient (Wildman–Crippen LogP) is 2.84. The van der Waals surface area contributed by atoms with Crippen LogP contribution >= 0.6 is 0 Å². The molecule has 0 saturated carbocycles. The highest BCUT2D eigenvalue weighted by Gasteiger charge is 2.36. The van der Waals surface area contributed by atoms with E-state index < -0.39 is 11.8 Å². The van der Waals surface area contributed by atoms with Crippen LogP contribution in [0.2, 0.25) is 0 Å². The molecular formula is C23H27FN4O3. The Morgan fingerprint density at radius 2 is 1.77 bits per heavy atom. The summed E-state index contributed by atoms with van der Waals surface area (Å²) >= 11 is 0. The van der Waals surface area contributed by atoms with Crippen molar-refractivity contribution in [3.8, 4) is 0 Å². The van der Waals surface area contributed by atoms with E-state index in [4.69, 9.17) is 5.73 Å². The van der Waals surface area contributed by atoms with Gasteiger partial charge in [0, 0.05) is 30.4 Å². The number of nitrogens with zero attached hydrogens (tertiary/aromatic N) is 3. The zero-order chi connectivity index (χ0) is 22.8. The summed E-state index contributed by atoms with van der Waals surface area (Å²) in [5.74, 6) is -1.13. The van der Waals surface area contributed by atoms with Crippen LogP contribution in [0.25, 0.3) is 0 Å². The Morgan fingerprint density at radius 1 is 1.16 bits per heavy atom. The summed E-state index contributed by atoms with van der Waals surface area (Å²) in [5, 5.41) is 0. The van der Waals surface area contributed by atoms with Gasteiger partial charge < -0.3 is 10.6 Å². The van der Waals surface area contributed by atoms with E-state index in [0.717, 1.165) is 11.3 Å². The van der Waals surface area contributed by atoms with Gasteiger partial charge in [-0.2, -0.15) is 0 Å². The van der Waals surface area contributed by atoms with Crippen molar-refractivity contribution in [2.24, 2.45) is 10.7 Å². The van der Waals surface area contributed by atoms with Crippen molar-refractivity contribution in [2.45, 2.75) is 39.2 Å². The maximum Gasteiger partial charge on any atom is 0.261 e.